The van der Waals surface area contributed by atoms with Gasteiger partial charge in [-0.25, -0.2) is 4.57 Å². The van der Waals surface area contributed by atoms with E-state index in [0.29, 0.717) is 5.75 Å². The number of pyridine rings is 1. The molecule has 0 aliphatic carbocycles. The molecular formula is C6H9NO2. The summed E-state index contributed by atoms with van der Waals surface area (Å²) in [6.45, 7) is 0. The fraction of sp³-hybridized carbons (Fsp3) is 0.167. The maximum atomic E-state index is 8.79. The van der Waals surface area contributed by atoms with Gasteiger partial charge in [-0.15, -0.1) is 0 Å². The van der Waals surface area contributed by atoms with Crippen molar-refractivity contribution in [3.8, 4) is 5.75 Å². The average molecular weight is 127 g/mol. The number of aromatic nitrogens is 1. The second-order valence-corrected chi connectivity index (χ2v) is 1.73. The number of hydrogen-bond acceptors (Lipinski definition) is 2. The van der Waals surface area contributed by atoms with Gasteiger partial charge in [-0.1, -0.05) is 0 Å². The molecule has 3 heteroatoms. The quantitative estimate of drug-likeness (QED) is 0.500. The van der Waals surface area contributed by atoms with Crippen LogP contribution >= 0.6 is 0 Å². The standard InChI is InChI=1S/C6H7NO.H2O/c1-7-4-2-3-6(8)5-7;/h2-5H,1H3;1H2. The Morgan fingerprint density at radius 1 is 1.56 bits per heavy atom. The first-order valence-corrected chi connectivity index (χ1v) is 2.43. The fourth-order valence-electron chi connectivity index (χ4n) is 0.572. The number of rotatable bonds is 0. The van der Waals surface area contributed by atoms with Crippen LogP contribution < -0.4 is 4.57 Å². The van der Waals surface area contributed by atoms with E-state index in [0.717, 1.165) is 0 Å². The molecule has 0 atom stereocenters. The molecule has 0 saturated heterocycles. The van der Waals surface area contributed by atoms with Gasteiger partial charge in [0.2, 0.25) is 6.20 Å². The minimum atomic E-state index is 0. The zero-order chi connectivity index (χ0) is 5.98. The maximum Gasteiger partial charge on any atom is 0.210 e. The van der Waals surface area contributed by atoms with Crippen molar-refractivity contribution in [1.29, 1.82) is 0 Å². The molecule has 2 N–H and O–H groups in total. The molecule has 0 bridgehead atoms. The smallest absolute Gasteiger partial charge is 0.210 e. The topological polar surface area (TPSA) is 54.1 Å². The number of aromatic hydroxyl groups is 1. The molecule has 1 aromatic heterocycles. The predicted octanol–water partition coefficient (Wildman–Crippen LogP) is 0.0399. The molecule has 1 heterocycles. The Hall–Kier alpha value is -1.09. The zero-order valence-corrected chi connectivity index (χ0v) is 5.15. The van der Waals surface area contributed by atoms with Crippen LogP contribution in [0.5, 0.6) is 5.75 Å². The summed E-state index contributed by atoms with van der Waals surface area (Å²) in [4.78, 5) is 0. The van der Waals surface area contributed by atoms with E-state index in [9.17, 15) is 0 Å². The van der Waals surface area contributed by atoms with E-state index in [2.05, 4.69) is 0 Å². The van der Waals surface area contributed by atoms with Gasteiger partial charge >= 0.3 is 0 Å². The molecule has 0 aromatic carbocycles. The van der Waals surface area contributed by atoms with Crippen molar-refractivity contribution in [3.05, 3.63) is 24.5 Å². The average Bonchev–Trinajstić information content (AvgIpc) is 1.64. The normalized spacial score (nSPS) is 8.11. The first kappa shape index (κ1) is 7.91. The Morgan fingerprint density at radius 2 is 2.22 bits per heavy atom. The molecule has 0 aliphatic rings. The molecule has 9 heavy (non-hydrogen) atoms. The van der Waals surface area contributed by atoms with Crippen molar-refractivity contribution in [1.82, 2.24) is 0 Å². The predicted molar refractivity (Wildman–Crippen MR) is 31.2 cm³/mol. The summed E-state index contributed by atoms with van der Waals surface area (Å²) in [6, 6.07) is 3.43. The highest BCUT2D eigenvalue weighted by atomic mass is 16.3. The maximum absolute atomic E-state index is 8.79. The molecule has 3 nitrogen and oxygen atoms in total. The van der Waals surface area contributed by atoms with Gasteiger partial charge in [0.25, 0.3) is 0 Å². The van der Waals surface area contributed by atoms with E-state index >= 15 is 0 Å². The van der Waals surface area contributed by atoms with E-state index < -0.39 is 0 Å². The summed E-state index contributed by atoms with van der Waals surface area (Å²) < 4.78 is 1.79. The molecule has 1 aromatic rings. The highest BCUT2D eigenvalue weighted by molar-refractivity contribution is 5.09. The Morgan fingerprint density at radius 3 is 2.56 bits per heavy atom. The van der Waals surface area contributed by atoms with Crippen LogP contribution in [0.4, 0.5) is 0 Å². The summed E-state index contributed by atoms with van der Waals surface area (Å²) in [5, 5.41) is 8.79. The van der Waals surface area contributed by atoms with E-state index in [1.807, 2.05) is 13.2 Å². The molecular weight excluding hydrogens is 118 g/mol. The van der Waals surface area contributed by atoms with Gasteiger partial charge in [-0.05, 0) is 6.07 Å². The van der Waals surface area contributed by atoms with Gasteiger partial charge in [0.1, 0.15) is 7.05 Å². The first-order valence-electron chi connectivity index (χ1n) is 2.43. The lowest BCUT2D eigenvalue weighted by molar-refractivity contribution is -0.671. The van der Waals surface area contributed by atoms with Gasteiger partial charge in [0.15, 0.2) is 11.9 Å². The Labute approximate surface area is 53.5 Å². The minimum Gasteiger partial charge on any atom is -0.870 e. The van der Waals surface area contributed by atoms with Crippen LogP contribution in [-0.2, 0) is 7.05 Å². The lowest BCUT2D eigenvalue weighted by Crippen LogP contribution is -2.25. The van der Waals surface area contributed by atoms with Crippen LogP contribution in [-0.4, -0.2) is 10.6 Å². The molecule has 0 unspecified atom stereocenters. The molecule has 0 spiro atoms. The third kappa shape index (κ3) is 2.10. The minimum absolute atomic E-state index is 0. The number of nitrogens with zero attached hydrogens (tertiary/aromatic N) is 1. The van der Waals surface area contributed by atoms with Gasteiger partial charge in [-0.2, -0.15) is 0 Å². The van der Waals surface area contributed by atoms with Crippen LogP contribution in [0.2, 0.25) is 0 Å². The van der Waals surface area contributed by atoms with Gasteiger partial charge in [0, 0.05) is 6.07 Å². The van der Waals surface area contributed by atoms with Gasteiger partial charge in [-0.3, -0.25) is 0 Å². The second kappa shape index (κ2) is 3.04. The Balaban J connectivity index is 0.000000640. The van der Waals surface area contributed by atoms with Crippen LogP contribution in [0.3, 0.4) is 0 Å². The highest BCUT2D eigenvalue weighted by Crippen LogP contribution is 1.98. The van der Waals surface area contributed by atoms with Crippen molar-refractivity contribution in [2.24, 2.45) is 7.05 Å². The fourth-order valence-corrected chi connectivity index (χ4v) is 0.572. The molecule has 1 rings (SSSR count). The Kier molecular flexibility index (Phi) is 2.67. The van der Waals surface area contributed by atoms with Crippen LogP contribution in [0.15, 0.2) is 24.5 Å². The lowest BCUT2D eigenvalue weighted by atomic mass is 10.5. The number of hydrogen-bond donors (Lipinski definition) is 1. The second-order valence-electron chi connectivity index (χ2n) is 1.73. The highest BCUT2D eigenvalue weighted by Gasteiger charge is 1.89. The molecule has 50 valence electrons. The van der Waals surface area contributed by atoms with Crippen molar-refractivity contribution in [3.63, 3.8) is 0 Å². The molecule has 0 fully saturated rings. The van der Waals surface area contributed by atoms with Crippen molar-refractivity contribution < 1.29 is 15.1 Å². The monoisotopic (exact) mass is 127 g/mol. The van der Waals surface area contributed by atoms with Crippen molar-refractivity contribution in [2.45, 2.75) is 0 Å². The summed E-state index contributed by atoms with van der Waals surface area (Å²) >= 11 is 0. The summed E-state index contributed by atoms with van der Waals surface area (Å²) in [5.74, 6) is 0.301. The first-order chi connectivity index (χ1) is 3.79. The Bertz CT molecular complexity index is 171. The SMILES string of the molecule is C[n+]1cccc(O)c1.[OH-]. The molecule has 0 radical (unpaired) electrons. The van der Waals surface area contributed by atoms with Gasteiger partial charge in [0.05, 0.1) is 0 Å². The third-order valence-electron chi connectivity index (χ3n) is 0.924. The summed E-state index contributed by atoms with van der Waals surface area (Å²) in [6.07, 6.45) is 3.50. The molecule has 0 aliphatic heterocycles. The van der Waals surface area contributed by atoms with E-state index in [1.54, 1.807) is 22.9 Å². The van der Waals surface area contributed by atoms with E-state index in [-0.39, 0.29) is 5.48 Å². The summed E-state index contributed by atoms with van der Waals surface area (Å²) in [5.41, 5.74) is 0. The van der Waals surface area contributed by atoms with E-state index in [4.69, 9.17) is 5.11 Å². The van der Waals surface area contributed by atoms with Crippen molar-refractivity contribution in [2.75, 3.05) is 0 Å². The van der Waals surface area contributed by atoms with Crippen LogP contribution in [0.25, 0.3) is 0 Å². The van der Waals surface area contributed by atoms with E-state index in [1.165, 1.54) is 0 Å². The zero-order valence-electron chi connectivity index (χ0n) is 5.15. The largest absolute Gasteiger partial charge is 0.870 e. The third-order valence-corrected chi connectivity index (χ3v) is 0.924. The number of aryl methyl sites for hydroxylation is 1. The van der Waals surface area contributed by atoms with Crippen LogP contribution in [0, 0.1) is 0 Å². The van der Waals surface area contributed by atoms with Crippen molar-refractivity contribution >= 4 is 0 Å². The molecule has 0 saturated carbocycles. The van der Waals surface area contributed by atoms with Gasteiger partial charge < -0.3 is 10.6 Å². The molecule has 0 amide bonds. The van der Waals surface area contributed by atoms with Crippen LogP contribution in [0.1, 0.15) is 0 Å². The lowest BCUT2D eigenvalue weighted by Gasteiger charge is -1.84. The summed E-state index contributed by atoms with van der Waals surface area (Å²) in [7, 11) is 1.86.